The van der Waals surface area contributed by atoms with Crippen molar-refractivity contribution in [1.29, 1.82) is 0 Å². The highest BCUT2D eigenvalue weighted by Gasteiger charge is 2.24. The summed E-state index contributed by atoms with van der Waals surface area (Å²) in [6.45, 7) is 4.92. The maximum atomic E-state index is 12.8. The first-order valence-corrected chi connectivity index (χ1v) is 9.57. The molecule has 1 amide bonds. The highest BCUT2D eigenvalue weighted by Crippen LogP contribution is 2.20. The molecule has 1 aliphatic rings. The topological polar surface area (TPSA) is 75.9 Å². The molecule has 1 aliphatic heterocycles. The molecular formula is C20H24N6O2. The highest BCUT2D eigenvalue weighted by atomic mass is 16.5. The first kappa shape index (κ1) is 18.2. The zero-order valence-electron chi connectivity index (χ0n) is 16.2. The Balaban J connectivity index is 1.48. The Labute approximate surface area is 163 Å². The van der Waals surface area contributed by atoms with Crippen LogP contribution in [0.3, 0.4) is 0 Å². The van der Waals surface area contributed by atoms with Gasteiger partial charge in [-0.3, -0.25) is 9.20 Å². The molecule has 0 bridgehead atoms. The average Bonchev–Trinajstić information content (AvgIpc) is 3.22. The second-order valence-electron chi connectivity index (χ2n) is 6.87. The van der Waals surface area contributed by atoms with E-state index in [0.29, 0.717) is 30.2 Å². The van der Waals surface area contributed by atoms with Crippen LogP contribution in [-0.4, -0.2) is 63.7 Å². The maximum absolute atomic E-state index is 12.8. The van der Waals surface area contributed by atoms with Crippen LogP contribution in [0.15, 0.2) is 36.7 Å². The van der Waals surface area contributed by atoms with Gasteiger partial charge in [-0.1, -0.05) is 19.4 Å². The van der Waals surface area contributed by atoms with Gasteiger partial charge in [0.2, 0.25) is 0 Å². The van der Waals surface area contributed by atoms with E-state index in [9.17, 15) is 4.79 Å². The molecule has 8 nitrogen and oxygen atoms in total. The van der Waals surface area contributed by atoms with E-state index in [1.807, 2.05) is 27.5 Å². The zero-order chi connectivity index (χ0) is 19.5. The van der Waals surface area contributed by atoms with Crippen LogP contribution in [0.2, 0.25) is 0 Å². The summed E-state index contributed by atoms with van der Waals surface area (Å²) in [5.74, 6) is 2.25. The molecule has 1 fully saturated rings. The van der Waals surface area contributed by atoms with E-state index in [1.54, 1.807) is 19.5 Å². The van der Waals surface area contributed by atoms with Crippen molar-refractivity contribution in [2.24, 2.45) is 0 Å². The number of hydrogen-bond acceptors (Lipinski definition) is 6. The number of nitrogens with zero attached hydrogens (tertiary/aromatic N) is 6. The Bertz CT molecular complexity index is 978. The average molecular weight is 380 g/mol. The van der Waals surface area contributed by atoms with Crippen molar-refractivity contribution >= 4 is 17.5 Å². The van der Waals surface area contributed by atoms with Gasteiger partial charge >= 0.3 is 0 Å². The smallest absolute Gasteiger partial charge is 0.256 e. The number of ether oxygens (including phenoxy) is 1. The monoisotopic (exact) mass is 380 g/mol. The lowest BCUT2D eigenvalue weighted by Gasteiger charge is -2.35. The fraction of sp³-hybridized carbons (Fsp3) is 0.400. The first-order chi connectivity index (χ1) is 13.7. The molecule has 0 aliphatic carbocycles. The summed E-state index contributed by atoms with van der Waals surface area (Å²) in [6.07, 6.45) is 3.69. The second kappa shape index (κ2) is 7.84. The van der Waals surface area contributed by atoms with Gasteiger partial charge in [0.05, 0.1) is 7.11 Å². The van der Waals surface area contributed by atoms with E-state index in [-0.39, 0.29) is 5.91 Å². The van der Waals surface area contributed by atoms with Crippen molar-refractivity contribution in [1.82, 2.24) is 24.5 Å². The van der Waals surface area contributed by atoms with Crippen LogP contribution in [0, 0.1) is 0 Å². The number of anilines is 1. The summed E-state index contributed by atoms with van der Waals surface area (Å²) in [5.41, 5.74) is 1.81. The molecule has 0 unspecified atom stereocenters. The molecule has 2 aromatic heterocycles. The van der Waals surface area contributed by atoms with Crippen molar-refractivity contribution in [3.05, 3.63) is 47.9 Å². The summed E-state index contributed by atoms with van der Waals surface area (Å²) >= 11 is 0. The van der Waals surface area contributed by atoms with E-state index >= 15 is 0 Å². The number of aromatic nitrogens is 4. The van der Waals surface area contributed by atoms with Crippen LogP contribution >= 0.6 is 0 Å². The number of aryl methyl sites for hydroxylation is 1. The minimum atomic E-state index is 0.0334. The van der Waals surface area contributed by atoms with Crippen molar-refractivity contribution < 1.29 is 9.53 Å². The normalized spacial score (nSPS) is 14.5. The molecule has 0 N–H and O–H groups in total. The minimum absolute atomic E-state index is 0.0334. The Kier molecular flexibility index (Phi) is 5.10. The van der Waals surface area contributed by atoms with Gasteiger partial charge in [-0.25, -0.2) is 0 Å². The van der Waals surface area contributed by atoms with Gasteiger partial charge < -0.3 is 14.5 Å². The quantitative estimate of drug-likeness (QED) is 0.674. The fourth-order valence-electron chi connectivity index (χ4n) is 3.55. The number of carbonyl (C=O) groups is 1. The van der Waals surface area contributed by atoms with Crippen LogP contribution in [0.4, 0.5) is 5.82 Å². The molecule has 3 heterocycles. The molecule has 0 atom stereocenters. The van der Waals surface area contributed by atoms with Crippen LogP contribution in [0.1, 0.15) is 29.4 Å². The standard InChI is InChI=1S/C20H24N6O2/c1-3-5-16-13-18(22-20-23-21-14-26(16)20)24-8-10-25(11-9-24)19(27)15-6-4-7-17(12-15)28-2/h4,6-7,12-14H,3,5,8-11H2,1-2H3. The van der Waals surface area contributed by atoms with E-state index in [0.717, 1.165) is 37.4 Å². The molecule has 28 heavy (non-hydrogen) atoms. The van der Waals surface area contributed by atoms with Crippen molar-refractivity contribution in [2.75, 3.05) is 38.2 Å². The van der Waals surface area contributed by atoms with Crippen LogP contribution in [0.5, 0.6) is 5.75 Å². The van der Waals surface area contributed by atoms with Gasteiger partial charge in [0.1, 0.15) is 17.9 Å². The van der Waals surface area contributed by atoms with Gasteiger partial charge in [-0.15, -0.1) is 10.2 Å². The van der Waals surface area contributed by atoms with Gasteiger partial charge in [-0.2, -0.15) is 4.98 Å². The summed E-state index contributed by atoms with van der Waals surface area (Å²) in [5, 5.41) is 8.10. The van der Waals surface area contributed by atoms with E-state index in [4.69, 9.17) is 4.74 Å². The third kappa shape index (κ3) is 3.49. The number of methoxy groups -OCH3 is 1. The SMILES string of the molecule is CCCc1cc(N2CCN(C(=O)c3cccc(OC)c3)CC2)nc2nncn12. The third-order valence-electron chi connectivity index (χ3n) is 5.06. The maximum Gasteiger partial charge on any atom is 0.256 e. The molecule has 3 aromatic rings. The number of amides is 1. The largest absolute Gasteiger partial charge is 0.497 e. The molecule has 146 valence electrons. The predicted molar refractivity (Wildman–Crippen MR) is 106 cm³/mol. The van der Waals surface area contributed by atoms with Gasteiger partial charge in [0.25, 0.3) is 11.7 Å². The summed E-state index contributed by atoms with van der Waals surface area (Å²) in [7, 11) is 1.61. The number of benzene rings is 1. The lowest BCUT2D eigenvalue weighted by molar-refractivity contribution is 0.0746. The molecule has 4 rings (SSSR count). The zero-order valence-corrected chi connectivity index (χ0v) is 16.2. The Morgan fingerprint density at radius 1 is 1.18 bits per heavy atom. The molecule has 0 spiro atoms. The second-order valence-corrected chi connectivity index (χ2v) is 6.87. The van der Waals surface area contributed by atoms with Crippen molar-refractivity contribution in [3.63, 3.8) is 0 Å². The summed E-state index contributed by atoms with van der Waals surface area (Å²) in [6, 6.07) is 9.41. The summed E-state index contributed by atoms with van der Waals surface area (Å²) in [4.78, 5) is 21.5. The van der Waals surface area contributed by atoms with Gasteiger partial charge in [-0.05, 0) is 24.6 Å². The predicted octanol–water partition coefficient (Wildman–Crippen LogP) is 2.05. The Hall–Kier alpha value is -3.16. The molecule has 0 radical (unpaired) electrons. The van der Waals surface area contributed by atoms with Gasteiger partial charge in [0.15, 0.2) is 0 Å². The Morgan fingerprint density at radius 2 is 2.00 bits per heavy atom. The number of fused-ring (bicyclic) bond motifs is 1. The molecule has 1 saturated heterocycles. The lowest BCUT2D eigenvalue weighted by Crippen LogP contribution is -2.49. The van der Waals surface area contributed by atoms with Crippen LogP contribution in [-0.2, 0) is 6.42 Å². The number of piperazine rings is 1. The highest BCUT2D eigenvalue weighted by molar-refractivity contribution is 5.94. The van der Waals surface area contributed by atoms with Crippen LogP contribution in [0.25, 0.3) is 5.78 Å². The van der Waals surface area contributed by atoms with E-state index in [1.165, 1.54) is 0 Å². The van der Waals surface area contributed by atoms with E-state index in [2.05, 4.69) is 33.1 Å². The third-order valence-corrected chi connectivity index (χ3v) is 5.06. The Morgan fingerprint density at radius 3 is 2.75 bits per heavy atom. The first-order valence-electron chi connectivity index (χ1n) is 9.57. The number of rotatable bonds is 5. The van der Waals surface area contributed by atoms with Crippen molar-refractivity contribution in [2.45, 2.75) is 19.8 Å². The number of carbonyl (C=O) groups excluding carboxylic acids is 1. The molecular weight excluding hydrogens is 356 g/mol. The minimum Gasteiger partial charge on any atom is -0.497 e. The van der Waals surface area contributed by atoms with Crippen LogP contribution < -0.4 is 9.64 Å². The molecule has 0 saturated carbocycles. The fourth-order valence-corrected chi connectivity index (χ4v) is 3.55. The van der Waals surface area contributed by atoms with Crippen molar-refractivity contribution in [3.8, 4) is 5.75 Å². The molecule has 1 aromatic carbocycles. The van der Waals surface area contributed by atoms with E-state index < -0.39 is 0 Å². The summed E-state index contributed by atoms with van der Waals surface area (Å²) < 4.78 is 7.17. The lowest BCUT2D eigenvalue weighted by atomic mass is 10.1. The molecule has 8 heteroatoms. The number of hydrogen-bond donors (Lipinski definition) is 0. The van der Waals surface area contributed by atoms with Gasteiger partial charge in [0, 0.05) is 43.5 Å².